The highest BCUT2D eigenvalue weighted by Gasteiger charge is 2.39. The number of nitrogens with one attached hydrogen (secondary N) is 1. The highest BCUT2D eigenvalue weighted by atomic mass is 16.5. The third kappa shape index (κ3) is 7.83. The van der Waals surface area contributed by atoms with E-state index in [0.717, 1.165) is 48.1 Å². The van der Waals surface area contributed by atoms with Crippen LogP contribution < -0.4 is 5.32 Å². The summed E-state index contributed by atoms with van der Waals surface area (Å²) >= 11 is 0. The lowest BCUT2D eigenvalue weighted by Gasteiger charge is -2.24. The molecular formula is C34H40N6O3. The molecule has 9 heteroatoms. The lowest BCUT2D eigenvalue weighted by molar-refractivity contribution is 0.111. The second-order valence-corrected chi connectivity index (χ2v) is 11.5. The van der Waals surface area contributed by atoms with Gasteiger partial charge in [0.2, 0.25) is 0 Å². The van der Waals surface area contributed by atoms with E-state index in [1.54, 1.807) is 0 Å². The first-order valence-electron chi connectivity index (χ1n) is 15.0. The number of anilines is 2. The zero-order valence-corrected chi connectivity index (χ0v) is 25.3. The SMILES string of the molecule is C#CCCC1(CCOC2=CCC(c3ccc(Nc4nc(C5=CCOCC5)nc(C=O)c4CN(C)C(C)C)cc3)C=C2)N=N1. The van der Waals surface area contributed by atoms with Crippen molar-refractivity contribution in [3.05, 3.63) is 77.0 Å². The molecule has 0 spiro atoms. The van der Waals surface area contributed by atoms with Crippen LogP contribution in [0.15, 0.2) is 64.6 Å². The Labute approximate surface area is 254 Å². The van der Waals surface area contributed by atoms with Crippen LogP contribution >= 0.6 is 0 Å². The van der Waals surface area contributed by atoms with Crippen LogP contribution in [0.5, 0.6) is 0 Å². The Hall–Kier alpha value is -4.13. The molecule has 3 heterocycles. The third-order valence-corrected chi connectivity index (χ3v) is 8.18. The van der Waals surface area contributed by atoms with Crippen molar-refractivity contribution in [3.8, 4) is 12.3 Å². The Morgan fingerprint density at radius 3 is 2.65 bits per heavy atom. The maximum atomic E-state index is 12.2. The van der Waals surface area contributed by atoms with Gasteiger partial charge >= 0.3 is 0 Å². The van der Waals surface area contributed by atoms with E-state index < -0.39 is 0 Å². The average Bonchev–Trinajstić information content (AvgIpc) is 3.81. The van der Waals surface area contributed by atoms with Crippen LogP contribution in [0.3, 0.4) is 0 Å². The van der Waals surface area contributed by atoms with Gasteiger partial charge in [-0.1, -0.05) is 24.3 Å². The molecule has 1 N–H and O–H groups in total. The number of nitrogens with zero attached hydrogens (tertiary/aromatic N) is 5. The number of carbonyl (C=O) groups is 1. The molecule has 1 aromatic heterocycles. The molecule has 224 valence electrons. The summed E-state index contributed by atoms with van der Waals surface area (Å²) in [5, 5.41) is 11.8. The van der Waals surface area contributed by atoms with Crippen molar-refractivity contribution in [2.75, 3.05) is 32.2 Å². The van der Waals surface area contributed by atoms with Gasteiger partial charge in [-0.3, -0.25) is 9.69 Å². The van der Waals surface area contributed by atoms with Gasteiger partial charge in [-0.2, -0.15) is 10.2 Å². The normalized spacial score (nSPS) is 18.7. The van der Waals surface area contributed by atoms with E-state index in [9.17, 15) is 4.79 Å². The molecule has 1 aromatic carbocycles. The lowest BCUT2D eigenvalue weighted by atomic mass is 9.92. The number of aromatic nitrogens is 2. The summed E-state index contributed by atoms with van der Waals surface area (Å²) in [6, 6.07) is 8.68. The number of hydrogen-bond acceptors (Lipinski definition) is 9. The number of rotatable bonds is 14. The van der Waals surface area contributed by atoms with E-state index in [0.29, 0.717) is 62.6 Å². The Bertz CT molecular complexity index is 1460. The lowest BCUT2D eigenvalue weighted by Crippen LogP contribution is -2.27. The minimum atomic E-state index is -0.320. The van der Waals surface area contributed by atoms with Crippen molar-refractivity contribution in [1.29, 1.82) is 0 Å². The monoisotopic (exact) mass is 580 g/mol. The van der Waals surface area contributed by atoms with Crippen LogP contribution in [0.2, 0.25) is 0 Å². The summed E-state index contributed by atoms with van der Waals surface area (Å²) < 4.78 is 11.4. The van der Waals surface area contributed by atoms with E-state index in [1.165, 1.54) is 5.56 Å². The molecule has 9 nitrogen and oxygen atoms in total. The second kappa shape index (κ2) is 13.9. The second-order valence-electron chi connectivity index (χ2n) is 11.5. The van der Waals surface area contributed by atoms with Crippen LogP contribution in [0.25, 0.3) is 5.57 Å². The predicted octanol–water partition coefficient (Wildman–Crippen LogP) is 6.59. The minimum absolute atomic E-state index is 0.264. The number of allylic oxidation sites excluding steroid dienone is 3. The molecule has 1 unspecified atom stereocenters. The van der Waals surface area contributed by atoms with Crippen LogP contribution in [0, 0.1) is 12.3 Å². The van der Waals surface area contributed by atoms with Crippen LogP contribution in [0.1, 0.15) is 79.3 Å². The maximum Gasteiger partial charge on any atom is 0.195 e. The smallest absolute Gasteiger partial charge is 0.195 e. The van der Waals surface area contributed by atoms with Crippen molar-refractivity contribution in [2.24, 2.45) is 10.2 Å². The first kappa shape index (κ1) is 30.3. The summed E-state index contributed by atoms with van der Waals surface area (Å²) in [7, 11) is 2.03. The Morgan fingerprint density at radius 1 is 1.21 bits per heavy atom. The molecule has 43 heavy (non-hydrogen) atoms. The molecule has 0 saturated heterocycles. The summed E-state index contributed by atoms with van der Waals surface area (Å²) in [5.74, 6) is 5.02. The molecular weight excluding hydrogens is 540 g/mol. The summed E-state index contributed by atoms with van der Waals surface area (Å²) in [5.41, 5.74) is 3.98. The number of aldehydes is 1. The van der Waals surface area contributed by atoms with E-state index in [1.807, 2.05) is 19.2 Å². The fourth-order valence-electron chi connectivity index (χ4n) is 5.07. The molecule has 5 rings (SSSR count). The van der Waals surface area contributed by atoms with Gasteiger partial charge in [0.25, 0.3) is 0 Å². The van der Waals surface area contributed by atoms with Gasteiger partial charge in [0.15, 0.2) is 17.8 Å². The number of ether oxygens (including phenoxy) is 2. The third-order valence-electron chi connectivity index (χ3n) is 8.18. The molecule has 0 bridgehead atoms. The largest absolute Gasteiger partial charge is 0.494 e. The van der Waals surface area contributed by atoms with Gasteiger partial charge in [-0.25, -0.2) is 9.97 Å². The number of hydrogen-bond donors (Lipinski definition) is 1. The predicted molar refractivity (Wildman–Crippen MR) is 168 cm³/mol. The highest BCUT2D eigenvalue weighted by Crippen LogP contribution is 2.37. The van der Waals surface area contributed by atoms with Crippen molar-refractivity contribution in [1.82, 2.24) is 14.9 Å². The van der Waals surface area contributed by atoms with Crippen molar-refractivity contribution in [3.63, 3.8) is 0 Å². The average molecular weight is 581 g/mol. The molecule has 0 amide bonds. The molecule has 0 fully saturated rings. The molecule has 1 atom stereocenters. The van der Waals surface area contributed by atoms with Gasteiger partial charge < -0.3 is 14.8 Å². The van der Waals surface area contributed by atoms with Gasteiger partial charge in [-0.05, 0) is 69.2 Å². The van der Waals surface area contributed by atoms with E-state index in [4.69, 9.17) is 20.9 Å². The van der Waals surface area contributed by atoms with Crippen LogP contribution in [0.4, 0.5) is 11.5 Å². The summed E-state index contributed by atoms with van der Waals surface area (Å²) in [6.07, 6.45) is 18.4. The van der Waals surface area contributed by atoms with Gasteiger partial charge in [0, 0.05) is 49.0 Å². The standard InChI is InChI=1S/C34H40N6O3/c1-5-6-17-34(38-39-34)18-21-43-29-13-9-26(10-14-29)25-7-11-28(12-8-25)35-33-30(22-40(4)24(2)3)31(23-41)36-32(37-33)27-15-19-42-20-16-27/h1,7-9,11-15,23-24,26H,6,10,16-22H2,2-4H3,(H,35,36,37). The van der Waals surface area contributed by atoms with Crippen molar-refractivity contribution < 1.29 is 14.3 Å². The highest BCUT2D eigenvalue weighted by molar-refractivity contribution is 5.79. The fraction of sp³-hybridized carbons (Fsp3) is 0.441. The number of terminal acetylenes is 1. The number of benzene rings is 1. The zero-order chi connectivity index (χ0) is 30.2. The Balaban J connectivity index is 1.25. The molecule has 0 radical (unpaired) electrons. The maximum absolute atomic E-state index is 12.2. The summed E-state index contributed by atoms with van der Waals surface area (Å²) in [6.45, 7) is 6.50. The quantitative estimate of drug-likeness (QED) is 0.199. The minimum Gasteiger partial charge on any atom is -0.494 e. The molecule has 1 aliphatic carbocycles. The van der Waals surface area contributed by atoms with Gasteiger partial charge in [-0.15, -0.1) is 12.3 Å². The summed E-state index contributed by atoms with van der Waals surface area (Å²) in [4.78, 5) is 23.9. The molecule has 3 aliphatic rings. The first-order valence-corrected chi connectivity index (χ1v) is 15.0. The van der Waals surface area contributed by atoms with E-state index >= 15 is 0 Å². The van der Waals surface area contributed by atoms with Crippen LogP contribution in [-0.4, -0.2) is 59.7 Å². The van der Waals surface area contributed by atoms with Crippen molar-refractivity contribution in [2.45, 2.75) is 70.1 Å². The van der Waals surface area contributed by atoms with E-state index in [-0.39, 0.29) is 11.6 Å². The van der Waals surface area contributed by atoms with Gasteiger partial charge in [0.1, 0.15) is 17.3 Å². The topological polar surface area (TPSA) is 101 Å². The molecule has 2 aromatic rings. The van der Waals surface area contributed by atoms with Gasteiger partial charge in [0.05, 0.1) is 19.8 Å². The Morgan fingerprint density at radius 2 is 2.02 bits per heavy atom. The molecule has 2 aliphatic heterocycles. The fourth-order valence-corrected chi connectivity index (χ4v) is 5.07. The van der Waals surface area contributed by atoms with Crippen molar-refractivity contribution >= 4 is 23.4 Å². The molecule has 0 saturated carbocycles. The van der Waals surface area contributed by atoms with Crippen LogP contribution in [-0.2, 0) is 16.0 Å². The van der Waals surface area contributed by atoms with E-state index in [2.05, 4.69) is 81.6 Å². The number of carbonyl (C=O) groups excluding carboxylic acids is 1. The zero-order valence-electron chi connectivity index (χ0n) is 25.3. The Kier molecular flexibility index (Phi) is 9.80. The first-order chi connectivity index (χ1) is 20.9.